The van der Waals surface area contributed by atoms with Crippen molar-refractivity contribution in [2.75, 3.05) is 13.2 Å². The van der Waals surface area contributed by atoms with Crippen LogP contribution in [0.4, 0.5) is 0 Å². The highest BCUT2D eigenvalue weighted by Crippen LogP contribution is 2.58. The number of rotatable bonds is 10. The summed E-state index contributed by atoms with van der Waals surface area (Å²) < 4.78 is 24.9. The number of ketones is 1. The minimum atomic E-state index is -2.02. The number of aliphatic hydroxyl groups is 3. The Hall–Kier alpha value is -4.00. The molecule has 2 aromatic carbocycles. The molecule has 1 aliphatic heterocycles. The number of esters is 2. The molecule has 1 heterocycles. The largest absolute Gasteiger partial charge is 0.504 e. The predicted octanol–water partition coefficient (Wildman–Crippen LogP) is 6.19. The molecule has 3 N–H and O–H groups in total. The molecule has 0 amide bonds. The SMILES string of the molecule is CC(=O)O[C@@]1([C@@H]2/C(C)=C(/O)C(=O)C3=C(C)[C@@H](OC4C=CC(Sc5ccccc5)=CC4)C[C@@](O)([C@H]2OC(=O)c2ccccc2)C3(C)C)CO[C@@H]1CCO. The van der Waals surface area contributed by atoms with Crippen LogP contribution < -0.4 is 0 Å². The molecule has 10 nitrogen and oxygen atoms in total. The van der Waals surface area contributed by atoms with Gasteiger partial charge in [-0.05, 0) is 61.8 Å². The summed E-state index contributed by atoms with van der Waals surface area (Å²) in [6.07, 6.45) is 2.85. The van der Waals surface area contributed by atoms with Crippen LogP contribution >= 0.6 is 11.8 Å². The Morgan fingerprint density at radius 2 is 1.69 bits per heavy atom. The molecule has 11 heteroatoms. The number of carbonyl (C=O) groups is 3. The first-order chi connectivity index (χ1) is 24.7. The fraction of sp³-hybridized carbons (Fsp3) is 0.439. The van der Waals surface area contributed by atoms with E-state index < -0.39 is 70.4 Å². The summed E-state index contributed by atoms with van der Waals surface area (Å²) in [4.78, 5) is 43.4. The molecule has 0 spiro atoms. The van der Waals surface area contributed by atoms with Crippen LogP contribution in [0.15, 0.2) is 111 Å². The fourth-order valence-corrected chi connectivity index (χ4v) is 9.15. The third-order valence-electron chi connectivity index (χ3n) is 11.0. The summed E-state index contributed by atoms with van der Waals surface area (Å²) in [5.74, 6) is -4.03. The molecule has 0 saturated carbocycles. The molecule has 7 atom stereocenters. The summed E-state index contributed by atoms with van der Waals surface area (Å²) in [6, 6.07) is 18.3. The van der Waals surface area contributed by atoms with Crippen LogP contribution in [0.25, 0.3) is 0 Å². The van der Waals surface area contributed by atoms with E-state index in [2.05, 4.69) is 6.08 Å². The highest BCUT2D eigenvalue weighted by atomic mass is 32.2. The molecule has 0 aromatic heterocycles. The third kappa shape index (κ3) is 6.69. The molecule has 6 rings (SSSR count). The van der Waals surface area contributed by atoms with Crippen LogP contribution in [0.2, 0.25) is 0 Å². The van der Waals surface area contributed by atoms with Gasteiger partial charge in [0, 0.05) is 47.2 Å². The standard InChI is InChI=1S/C41H46O10S/c1-24-31(49-28-16-18-30(19-17-28)52-29-14-10-7-11-15-29)22-41(47)37(50-38(46)27-12-8-6-9-13-27)34(25(2)35(44)36(45)33(24)39(41,4)5)40(51-26(3)43)23-48-32(40)20-21-42/h6-16,18-19,28,31-32,34,37,42,44,47H,17,20-23H2,1-5H3/b35-25+/t28?,31-,32+,34+,37-,40-,41+/m0/s1. The van der Waals surface area contributed by atoms with E-state index in [1.54, 1.807) is 62.9 Å². The Morgan fingerprint density at radius 1 is 1.02 bits per heavy atom. The average Bonchev–Trinajstić information content (AvgIpc) is 3.12. The fourth-order valence-electron chi connectivity index (χ4n) is 8.26. The van der Waals surface area contributed by atoms with Crippen molar-refractivity contribution in [1.82, 2.24) is 0 Å². The number of benzene rings is 2. The van der Waals surface area contributed by atoms with Gasteiger partial charge in [-0.3, -0.25) is 9.59 Å². The number of aliphatic hydroxyl groups excluding tert-OH is 2. The lowest BCUT2D eigenvalue weighted by atomic mass is 9.53. The van der Waals surface area contributed by atoms with Gasteiger partial charge in [-0.1, -0.05) is 74.2 Å². The summed E-state index contributed by atoms with van der Waals surface area (Å²) in [5, 5.41) is 35.1. The summed E-state index contributed by atoms with van der Waals surface area (Å²) in [7, 11) is 0. The predicted molar refractivity (Wildman–Crippen MR) is 194 cm³/mol. The van der Waals surface area contributed by atoms with Gasteiger partial charge in [0.2, 0.25) is 5.78 Å². The second-order valence-corrected chi connectivity index (χ2v) is 15.6. The van der Waals surface area contributed by atoms with E-state index in [-0.39, 0.29) is 42.8 Å². The Balaban J connectivity index is 1.45. The molecule has 276 valence electrons. The van der Waals surface area contributed by atoms with Crippen molar-refractivity contribution in [3.05, 3.63) is 112 Å². The minimum Gasteiger partial charge on any atom is -0.504 e. The lowest BCUT2D eigenvalue weighted by Crippen LogP contribution is -2.73. The summed E-state index contributed by atoms with van der Waals surface area (Å²) in [5.41, 5.74) is -4.08. The van der Waals surface area contributed by atoms with Gasteiger partial charge in [0.05, 0.1) is 30.3 Å². The molecule has 1 fully saturated rings. The number of thioether (sulfide) groups is 1. The highest BCUT2D eigenvalue weighted by Gasteiger charge is 2.69. The Bertz CT molecular complexity index is 1830. The van der Waals surface area contributed by atoms with E-state index in [0.717, 1.165) is 9.80 Å². The second kappa shape index (κ2) is 14.8. The lowest BCUT2D eigenvalue weighted by Gasteiger charge is -2.60. The number of hydrogen-bond donors (Lipinski definition) is 3. The van der Waals surface area contributed by atoms with Gasteiger partial charge in [0.15, 0.2) is 11.4 Å². The van der Waals surface area contributed by atoms with Crippen LogP contribution in [0.5, 0.6) is 0 Å². The number of carbonyl (C=O) groups excluding carboxylic acids is 3. The van der Waals surface area contributed by atoms with Crippen molar-refractivity contribution in [2.24, 2.45) is 11.3 Å². The summed E-state index contributed by atoms with van der Waals surface area (Å²) >= 11 is 1.64. The number of hydrogen-bond acceptors (Lipinski definition) is 11. The molecular formula is C41H46O10S. The molecular weight excluding hydrogens is 685 g/mol. The lowest BCUT2D eigenvalue weighted by molar-refractivity contribution is -0.295. The van der Waals surface area contributed by atoms with Crippen LogP contribution in [0.1, 0.15) is 64.2 Å². The third-order valence-corrected chi connectivity index (χ3v) is 12.1. The topological polar surface area (TPSA) is 149 Å². The maximum atomic E-state index is 14.5. The monoisotopic (exact) mass is 730 g/mol. The van der Waals surface area contributed by atoms with E-state index in [1.165, 1.54) is 13.8 Å². The zero-order chi connectivity index (χ0) is 37.4. The van der Waals surface area contributed by atoms with E-state index in [4.69, 9.17) is 18.9 Å². The molecule has 1 unspecified atom stereocenters. The Morgan fingerprint density at radius 3 is 2.27 bits per heavy atom. The highest BCUT2D eigenvalue weighted by molar-refractivity contribution is 8.03. The first-order valence-electron chi connectivity index (χ1n) is 17.6. The number of allylic oxidation sites excluding steroid dienone is 2. The van der Waals surface area contributed by atoms with Gasteiger partial charge in [0.25, 0.3) is 0 Å². The Kier molecular flexibility index (Phi) is 10.7. The van der Waals surface area contributed by atoms with Gasteiger partial charge >= 0.3 is 11.9 Å². The van der Waals surface area contributed by atoms with E-state index in [0.29, 0.717) is 12.0 Å². The van der Waals surface area contributed by atoms with Crippen LogP contribution in [-0.4, -0.2) is 81.9 Å². The summed E-state index contributed by atoms with van der Waals surface area (Å²) in [6.45, 7) is 7.35. The van der Waals surface area contributed by atoms with E-state index in [9.17, 15) is 29.7 Å². The van der Waals surface area contributed by atoms with Crippen molar-refractivity contribution in [1.29, 1.82) is 0 Å². The van der Waals surface area contributed by atoms with Gasteiger partial charge in [-0.2, -0.15) is 0 Å². The van der Waals surface area contributed by atoms with Crippen molar-refractivity contribution in [3.63, 3.8) is 0 Å². The number of ether oxygens (including phenoxy) is 4. The molecule has 2 aromatic rings. The van der Waals surface area contributed by atoms with Crippen molar-refractivity contribution in [3.8, 4) is 0 Å². The van der Waals surface area contributed by atoms with Gasteiger partial charge in [-0.15, -0.1) is 0 Å². The number of Topliss-reactive ketones (excluding diaryl/α,β-unsaturated/α-hetero) is 1. The molecule has 1 saturated heterocycles. The number of fused-ring (bicyclic) bond motifs is 2. The van der Waals surface area contributed by atoms with Crippen molar-refractivity contribution >= 4 is 29.5 Å². The quantitative estimate of drug-likeness (QED) is 0.240. The van der Waals surface area contributed by atoms with Crippen LogP contribution in [-0.2, 0) is 28.5 Å². The Labute approximate surface area is 308 Å². The zero-order valence-corrected chi connectivity index (χ0v) is 30.9. The molecule has 2 bridgehead atoms. The van der Waals surface area contributed by atoms with Gasteiger partial charge in [-0.25, -0.2) is 4.79 Å². The normalized spacial score (nSPS) is 32.6. The van der Waals surface area contributed by atoms with Crippen molar-refractivity contribution in [2.45, 2.75) is 94.4 Å². The van der Waals surface area contributed by atoms with Gasteiger partial charge in [0.1, 0.15) is 17.8 Å². The second-order valence-electron chi connectivity index (χ2n) is 14.5. The van der Waals surface area contributed by atoms with Crippen LogP contribution in [0.3, 0.4) is 0 Å². The molecule has 4 aliphatic rings. The zero-order valence-electron chi connectivity index (χ0n) is 30.0. The first kappa shape index (κ1) is 37.7. The first-order valence-corrected chi connectivity index (χ1v) is 18.4. The minimum absolute atomic E-state index is 0.0367. The molecule has 0 radical (unpaired) electrons. The molecule has 52 heavy (non-hydrogen) atoms. The smallest absolute Gasteiger partial charge is 0.338 e. The van der Waals surface area contributed by atoms with Crippen LogP contribution in [0, 0.1) is 11.3 Å². The molecule has 3 aliphatic carbocycles. The van der Waals surface area contributed by atoms with E-state index >= 15 is 0 Å². The van der Waals surface area contributed by atoms with Gasteiger partial charge < -0.3 is 34.3 Å². The average molecular weight is 731 g/mol. The van der Waals surface area contributed by atoms with E-state index in [1.807, 2.05) is 42.5 Å². The maximum Gasteiger partial charge on any atom is 0.338 e. The van der Waals surface area contributed by atoms with Crippen molar-refractivity contribution < 1.29 is 48.7 Å². The maximum absolute atomic E-state index is 14.5.